The molecule has 1 fully saturated rings. The van der Waals surface area contributed by atoms with Gasteiger partial charge in [-0.05, 0) is 37.3 Å². The van der Waals surface area contributed by atoms with Crippen LogP contribution in [-0.2, 0) is 21.5 Å². The van der Waals surface area contributed by atoms with Crippen LogP contribution in [0.2, 0.25) is 0 Å². The molecule has 34 heavy (non-hydrogen) atoms. The van der Waals surface area contributed by atoms with Crippen molar-refractivity contribution in [3.05, 3.63) is 47.9 Å². The Morgan fingerprint density at radius 3 is 2.65 bits per heavy atom. The summed E-state index contributed by atoms with van der Waals surface area (Å²) in [5.74, 6) is -1.54. The molecule has 0 spiro atoms. The number of aryl methyl sites for hydroxylation is 1. The van der Waals surface area contributed by atoms with Gasteiger partial charge in [0.25, 0.3) is 5.91 Å². The number of carboxylic acids is 1. The highest BCUT2D eigenvalue weighted by atomic mass is 16.7. The lowest BCUT2D eigenvalue weighted by Gasteiger charge is -2.31. The fourth-order valence-corrected chi connectivity index (χ4v) is 4.42. The summed E-state index contributed by atoms with van der Waals surface area (Å²) in [6, 6.07) is 9.43. The normalized spacial score (nSPS) is 18.6. The average molecular weight is 471 g/mol. The summed E-state index contributed by atoms with van der Waals surface area (Å²) in [5, 5.41) is 15.7. The Balaban J connectivity index is 1.69. The molecule has 0 unspecified atom stereocenters. The van der Waals surface area contributed by atoms with E-state index in [0.29, 0.717) is 24.2 Å². The minimum Gasteiger partial charge on any atom is -0.479 e. The lowest BCUT2D eigenvalue weighted by Crippen LogP contribution is -2.48. The zero-order valence-corrected chi connectivity index (χ0v) is 20.0. The molecule has 1 saturated carbocycles. The van der Waals surface area contributed by atoms with Gasteiger partial charge in [-0.2, -0.15) is 0 Å². The topological polar surface area (TPSA) is 122 Å². The molecule has 1 heterocycles. The molecule has 9 heteroatoms. The second-order valence-electron chi connectivity index (χ2n) is 9.18. The van der Waals surface area contributed by atoms with E-state index in [-0.39, 0.29) is 29.7 Å². The smallest absolute Gasteiger partial charge is 0.332 e. The van der Waals surface area contributed by atoms with Crippen LogP contribution in [0.5, 0.6) is 0 Å². The third-order valence-corrected chi connectivity index (χ3v) is 6.03. The first-order valence-corrected chi connectivity index (χ1v) is 11.7. The first-order valence-electron chi connectivity index (χ1n) is 11.7. The van der Waals surface area contributed by atoms with Crippen LogP contribution < -0.4 is 16.1 Å². The van der Waals surface area contributed by atoms with E-state index >= 15 is 0 Å². The SMILES string of the molecule is CC(C)CC(=CNOCC(=O)O)NC(=O)[C@@H]1CCCC[C@@H]1NC(=O)c1cc2ccccc2n1C. The van der Waals surface area contributed by atoms with Gasteiger partial charge >= 0.3 is 5.97 Å². The van der Waals surface area contributed by atoms with E-state index in [4.69, 9.17) is 9.94 Å². The van der Waals surface area contributed by atoms with Crippen LogP contribution in [0.15, 0.2) is 42.2 Å². The standard InChI is InChI=1S/C25H34N4O5/c1-16(2)12-18(14-26-34-15-23(30)31)27-24(32)19-9-5-6-10-20(19)28-25(33)22-13-17-8-4-7-11-21(17)29(22)3/h4,7-8,11,13-14,16,19-20,26H,5-6,9-10,12,15H2,1-3H3,(H,27,32)(H,28,33)(H,30,31)/t19-,20+/m1/s1. The number of rotatable bonds is 10. The molecule has 3 rings (SSSR count). The van der Waals surface area contributed by atoms with Crippen LogP contribution >= 0.6 is 0 Å². The number of nitrogens with one attached hydrogen (secondary N) is 3. The van der Waals surface area contributed by atoms with Crippen molar-refractivity contribution >= 4 is 28.7 Å². The molecule has 0 bridgehead atoms. The summed E-state index contributed by atoms with van der Waals surface area (Å²) < 4.78 is 1.87. The van der Waals surface area contributed by atoms with Crippen molar-refractivity contribution < 1.29 is 24.3 Å². The van der Waals surface area contributed by atoms with E-state index in [1.165, 1.54) is 6.20 Å². The fraction of sp³-hybridized carbons (Fsp3) is 0.480. The number of hydroxylamine groups is 1. The van der Waals surface area contributed by atoms with Crippen LogP contribution in [0.1, 0.15) is 56.4 Å². The molecule has 0 radical (unpaired) electrons. The lowest BCUT2D eigenvalue weighted by molar-refractivity contribution is -0.144. The number of carbonyl (C=O) groups excluding carboxylic acids is 2. The molecule has 1 aliphatic rings. The molecular weight excluding hydrogens is 436 g/mol. The van der Waals surface area contributed by atoms with Crippen molar-refractivity contribution in [2.24, 2.45) is 18.9 Å². The number of aromatic nitrogens is 1. The molecule has 1 aliphatic carbocycles. The average Bonchev–Trinajstić information content (AvgIpc) is 3.13. The predicted molar refractivity (Wildman–Crippen MR) is 129 cm³/mol. The monoisotopic (exact) mass is 470 g/mol. The minimum absolute atomic E-state index is 0.158. The van der Waals surface area contributed by atoms with Crippen LogP contribution in [0.3, 0.4) is 0 Å². The van der Waals surface area contributed by atoms with E-state index < -0.39 is 12.6 Å². The van der Waals surface area contributed by atoms with Gasteiger partial charge in [0.15, 0.2) is 6.61 Å². The van der Waals surface area contributed by atoms with Crippen molar-refractivity contribution in [3.8, 4) is 0 Å². The molecule has 2 aromatic rings. The van der Waals surface area contributed by atoms with Crippen LogP contribution in [0, 0.1) is 11.8 Å². The van der Waals surface area contributed by atoms with Gasteiger partial charge in [0.2, 0.25) is 5.91 Å². The van der Waals surface area contributed by atoms with Crippen LogP contribution in [0.4, 0.5) is 0 Å². The molecule has 0 aliphatic heterocycles. The van der Waals surface area contributed by atoms with Gasteiger partial charge in [0, 0.05) is 35.9 Å². The van der Waals surface area contributed by atoms with E-state index in [2.05, 4.69) is 16.1 Å². The third-order valence-electron chi connectivity index (χ3n) is 6.03. The molecule has 1 aromatic heterocycles. The van der Waals surface area contributed by atoms with Crippen molar-refractivity contribution in [1.29, 1.82) is 0 Å². The Bertz CT molecular complexity index is 1060. The molecular formula is C25H34N4O5. The second kappa shape index (κ2) is 11.7. The zero-order valence-electron chi connectivity index (χ0n) is 20.0. The number of para-hydroxylation sites is 1. The molecule has 4 N–H and O–H groups in total. The number of amides is 2. The van der Waals surface area contributed by atoms with Gasteiger partial charge in [-0.15, -0.1) is 0 Å². The third kappa shape index (κ3) is 6.60. The lowest BCUT2D eigenvalue weighted by atomic mass is 9.83. The minimum atomic E-state index is -1.10. The van der Waals surface area contributed by atoms with Crippen molar-refractivity contribution in [1.82, 2.24) is 20.7 Å². The largest absolute Gasteiger partial charge is 0.479 e. The Hall–Kier alpha value is -3.33. The van der Waals surface area contributed by atoms with Gasteiger partial charge in [-0.3, -0.25) is 19.9 Å². The number of hydrogen-bond acceptors (Lipinski definition) is 5. The van der Waals surface area contributed by atoms with Crippen molar-refractivity contribution in [3.63, 3.8) is 0 Å². The summed E-state index contributed by atoms with van der Waals surface area (Å²) in [7, 11) is 1.87. The summed E-state index contributed by atoms with van der Waals surface area (Å²) in [6.45, 7) is 3.54. The molecule has 2 atom stereocenters. The highest BCUT2D eigenvalue weighted by molar-refractivity contribution is 5.99. The maximum atomic E-state index is 13.2. The summed E-state index contributed by atoms with van der Waals surface area (Å²) in [6.07, 6.45) is 5.34. The van der Waals surface area contributed by atoms with E-state index in [1.54, 1.807) is 0 Å². The van der Waals surface area contributed by atoms with E-state index in [9.17, 15) is 14.4 Å². The fourth-order valence-electron chi connectivity index (χ4n) is 4.42. The highest BCUT2D eigenvalue weighted by Crippen LogP contribution is 2.26. The second-order valence-corrected chi connectivity index (χ2v) is 9.18. The Morgan fingerprint density at radius 1 is 1.21 bits per heavy atom. The molecule has 2 amide bonds. The van der Waals surface area contributed by atoms with Gasteiger partial charge in [-0.1, -0.05) is 44.9 Å². The quantitative estimate of drug-likeness (QED) is 0.313. The highest BCUT2D eigenvalue weighted by Gasteiger charge is 2.33. The Labute approximate surface area is 199 Å². The summed E-state index contributed by atoms with van der Waals surface area (Å²) in [4.78, 5) is 41.8. The maximum absolute atomic E-state index is 13.2. The first-order chi connectivity index (χ1) is 16.3. The zero-order chi connectivity index (χ0) is 24.7. The van der Waals surface area contributed by atoms with Gasteiger partial charge < -0.3 is 20.3 Å². The molecule has 9 nitrogen and oxygen atoms in total. The van der Waals surface area contributed by atoms with Crippen molar-refractivity contribution in [2.75, 3.05) is 6.61 Å². The van der Waals surface area contributed by atoms with Gasteiger partial charge in [-0.25, -0.2) is 4.79 Å². The van der Waals surface area contributed by atoms with Gasteiger partial charge in [0.05, 0.1) is 5.92 Å². The summed E-state index contributed by atoms with van der Waals surface area (Å²) >= 11 is 0. The summed E-state index contributed by atoms with van der Waals surface area (Å²) in [5.41, 5.74) is 4.63. The maximum Gasteiger partial charge on any atom is 0.332 e. The Morgan fingerprint density at radius 2 is 1.94 bits per heavy atom. The first kappa shape index (κ1) is 25.3. The number of benzene rings is 1. The number of aliphatic carboxylic acids is 1. The van der Waals surface area contributed by atoms with Crippen LogP contribution in [-0.4, -0.2) is 40.1 Å². The van der Waals surface area contributed by atoms with Crippen molar-refractivity contribution in [2.45, 2.75) is 52.0 Å². The van der Waals surface area contributed by atoms with Crippen LogP contribution in [0.25, 0.3) is 10.9 Å². The predicted octanol–water partition coefficient (Wildman–Crippen LogP) is 3.08. The van der Waals surface area contributed by atoms with E-state index in [0.717, 1.165) is 30.2 Å². The number of nitrogens with zero attached hydrogens (tertiary/aromatic N) is 1. The number of carboxylic acid groups (broad SMARTS) is 1. The molecule has 0 saturated heterocycles. The Kier molecular flexibility index (Phi) is 8.70. The molecule has 184 valence electrons. The number of fused-ring (bicyclic) bond motifs is 1. The number of hydrogen-bond donors (Lipinski definition) is 4. The van der Waals surface area contributed by atoms with E-state index in [1.807, 2.05) is 55.8 Å². The number of carbonyl (C=O) groups is 3. The number of allylic oxidation sites excluding steroid dienone is 1. The van der Waals surface area contributed by atoms with Gasteiger partial charge in [0.1, 0.15) is 5.69 Å². The molecule has 1 aromatic carbocycles.